The van der Waals surface area contributed by atoms with Crippen LogP contribution in [0.2, 0.25) is 0 Å². The van der Waals surface area contributed by atoms with E-state index in [-0.39, 0.29) is 0 Å². The van der Waals surface area contributed by atoms with E-state index >= 15 is 0 Å². The molecule has 0 radical (unpaired) electrons. The van der Waals surface area contributed by atoms with Crippen LogP contribution in [0.5, 0.6) is 0 Å². The maximum Gasteiger partial charge on any atom is 0.160 e. The third kappa shape index (κ3) is 4.90. The van der Waals surface area contributed by atoms with E-state index in [1.165, 1.54) is 11.1 Å². The Morgan fingerprint density at radius 2 is 0.784 bits per heavy atom. The van der Waals surface area contributed by atoms with E-state index in [4.69, 9.17) is 8.83 Å². The molecule has 240 valence electrons. The summed E-state index contributed by atoms with van der Waals surface area (Å²) in [6, 6.07) is 66.0. The summed E-state index contributed by atoms with van der Waals surface area (Å²) in [6.45, 7) is 0. The molecule has 10 aromatic rings. The van der Waals surface area contributed by atoms with Gasteiger partial charge in [0.25, 0.3) is 0 Å². The second kappa shape index (κ2) is 11.9. The predicted molar refractivity (Wildman–Crippen MR) is 212 cm³/mol. The third-order valence-electron chi connectivity index (χ3n) is 9.90. The lowest BCUT2D eigenvalue weighted by Crippen LogP contribution is -2.12. The molecule has 3 heteroatoms. The fraction of sp³-hybridized carbons (Fsp3) is 0. The number of furan rings is 2. The molecule has 0 aliphatic rings. The lowest BCUT2D eigenvalue weighted by atomic mass is 9.98. The van der Waals surface area contributed by atoms with Crippen molar-refractivity contribution in [1.29, 1.82) is 0 Å². The summed E-state index contributed by atoms with van der Waals surface area (Å²) in [5.41, 5.74) is 13.2. The zero-order chi connectivity index (χ0) is 33.7. The standard InChI is InChI=1S/C48H31NO2/c1-3-12-32(13-4-1)33-22-24-34(25-23-33)35-26-28-37(29-27-35)49(43-19-11-18-41-39-16-7-9-20-44(39)50-47(41)43)46-38(36-14-5-2-6-15-36)30-31-42-40-17-8-10-21-45(40)51-48(42)46/h1-31H. The Morgan fingerprint density at radius 3 is 1.41 bits per heavy atom. The lowest BCUT2D eigenvalue weighted by Gasteiger charge is -2.28. The van der Waals surface area contributed by atoms with Crippen molar-refractivity contribution in [1.82, 2.24) is 0 Å². The van der Waals surface area contributed by atoms with Gasteiger partial charge < -0.3 is 13.7 Å². The van der Waals surface area contributed by atoms with Crippen LogP contribution in [0.1, 0.15) is 0 Å². The van der Waals surface area contributed by atoms with Crippen LogP contribution >= 0.6 is 0 Å². The number of nitrogens with zero attached hydrogens (tertiary/aromatic N) is 1. The molecule has 0 amide bonds. The molecule has 0 aliphatic carbocycles. The van der Waals surface area contributed by atoms with Crippen LogP contribution < -0.4 is 4.90 Å². The summed E-state index contributed by atoms with van der Waals surface area (Å²) in [6.07, 6.45) is 0. The van der Waals surface area contributed by atoms with Crippen LogP contribution in [0.4, 0.5) is 17.1 Å². The number of hydrogen-bond donors (Lipinski definition) is 0. The zero-order valence-electron chi connectivity index (χ0n) is 27.7. The first-order valence-electron chi connectivity index (χ1n) is 17.3. The summed E-state index contributed by atoms with van der Waals surface area (Å²) in [4.78, 5) is 2.32. The predicted octanol–water partition coefficient (Wildman–Crippen LogP) is 14.0. The highest BCUT2D eigenvalue weighted by Gasteiger charge is 2.26. The fourth-order valence-corrected chi connectivity index (χ4v) is 7.43. The molecule has 51 heavy (non-hydrogen) atoms. The second-order valence-electron chi connectivity index (χ2n) is 12.9. The Hall–Kier alpha value is -6.84. The fourth-order valence-electron chi connectivity index (χ4n) is 7.43. The smallest absolute Gasteiger partial charge is 0.160 e. The van der Waals surface area contributed by atoms with E-state index in [1.54, 1.807) is 0 Å². The summed E-state index contributed by atoms with van der Waals surface area (Å²) < 4.78 is 13.5. The number of hydrogen-bond acceptors (Lipinski definition) is 3. The van der Waals surface area contributed by atoms with Crippen molar-refractivity contribution in [3.63, 3.8) is 0 Å². The third-order valence-corrected chi connectivity index (χ3v) is 9.90. The van der Waals surface area contributed by atoms with Crippen molar-refractivity contribution in [3.05, 3.63) is 188 Å². The highest BCUT2D eigenvalue weighted by molar-refractivity contribution is 6.16. The maximum absolute atomic E-state index is 6.81. The summed E-state index contributed by atoms with van der Waals surface area (Å²) >= 11 is 0. The van der Waals surface area contributed by atoms with Crippen molar-refractivity contribution in [3.8, 4) is 33.4 Å². The molecule has 0 atom stereocenters. The molecule has 2 heterocycles. The van der Waals surface area contributed by atoms with Crippen molar-refractivity contribution >= 4 is 60.9 Å². The highest BCUT2D eigenvalue weighted by atomic mass is 16.3. The molecule has 0 bridgehead atoms. The molecule has 0 saturated carbocycles. The Balaban J connectivity index is 1.21. The van der Waals surface area contributed by atoms with Gasteiger partial charge in [0, 0.05) is 32.8 Å². The summed E-state index contributed by atoms with van der Waals surface area (Å²) in [5, 5.41) is 4.32. The number of fused-ring (bicyclic) bond motifs is 6. The van der Waals surface area contributed by atoms with Gasteiger partial charge in [-0.1, -0.05) is 152 Å². The molecule has 0 fully saturated rings. The van der Waals surface area contributed by atoms with Crippen LogP contribution in [0.25, 0.3) is 77.3 Å². The van der Waals surface area contributed by atoms with Gasteiger partial charge in [-0.25, -0.2) is 0 Å². The molecule has 0 saturated heterocycles. The van der Waals surface area contributed by atoms with E-state index in [1.807, 2.05) is 24.3 Å². The van der Waals surface area contributed by atoms with Gasteiger partial charge in [0.2, 0.25) is 0 Å². The molecule has 2 aromatic heterocycles. The number of rotatable bonds is 6. The van der Waals surface area contributed by atoms with E-state index in [0.717, 1.165) is 83.2 Å². The van der Waals surface area contributed by atoms with E-state index < -0.39 is 0 Å². The van der Waals surface area contributed by atoms with Gasteiger partial charge in [-0.15, -0.1) is 0 Å². The molecule has 0 N–H and O–H groups in total. The van der Waals surface area contributed by atoms with Crippen molar-refractivity contribution in [2.45, 2.75) is 0 Å². The van der Waals surface area contributed by atoms with Gasteiger partial charge in [0.1, 0.15) is 11.2 Å². The van der Waals surface area contributed by atoms with Gasteiger partial charge in [-0.05, 0) is 64.2 Å². The summed E-state index contributed by atoms with van der Waals surface area (Å²) in [5.74, 6) is 0. The molecule has 0 aliphatic heterocycles. The van der Waals surface area contributed by atoms with E-state index in [2.05, 4.69) is 169 Å². The Bertz CT molecular complexity index is 2830. The van der Waals surface area contributed by atoms with Crippen LogP contribution in [0.3, 0.4) is 0 Å². The quantitative estimate of drug-likeness (QED) is 0.179. The average Bonchev–Trinajstić information content (AvgIpc) is 3.78. The van der Waals surface area contributed by atoms with Gasteiger partial charge in [0.05, 0.1) is 11.4 Å². The SMILES string of the molecule is c1ccc(-c2ccc(-c3ccc(N(c4cccc5c4oc4ccccc45)c4c(-c5ccccc5)ccc5c4oc4ccccc45)cc3)cc2)cc1. The summed E-state index contributed by atoms with van der Waals surface area (Å²) in [7, 11) is 0. The van der Waals surface area contributed by atoms with Gasteiger partial charge in [-0.2, -0.15) is 0 Å². The maximum atomic E-state index is 6.81. The molecular weight excluding hydrogens is 623 g/mol. The molecule has 3 nitrogen and oxygen atoms in total. The largest absolute Gasteiger partial charge is 0.454 e. The van der Waals surface area contributed by atoms with E-state index in [0.29, 0.717) is 0 Å². The second-order valence-corrected chi connectivity index (χ2v) is 12.9. The average molecular weight is 654 g/mol. The molecule has 8 aromatic carbocycles. The minimum absolute atomic E-state index is 0.825. The Kier molecular flexibility index (Phi) is 6.81. The minimum atomic E-state index is 0.825. The molecule has 10 rings (SSSR count). The number of benzene rings is 8. The van der Waals surface area contributed by atoms with Gasteiger partial charge in [-0.3, -0.25) is 0 Å². The van der Waals surface area contributed by atoms with Gasteiger partial charge in [0.15, 0.2) is 11.2 Å². The van der Waals surface area contributed by atoms with Crippen LogP contribution in [0.15, 0.2) is 197 Å². The van der Waals surface area contributed by atoms with Crippen LogP contribution in [-0.4, -0.2) is 0 Å². The minimum Gasteiger partial charge on any atom is -0.454 e. The topological polar surface area (TPSA) is 29.5 Å². The normalized spacial score (nSPS) is 11.5. The van der Waals surface area contributed by atoms with Crippen LogP contribution in [0, 0.1) is 0 Å². The van der Waals surface area contributed by atoms with Crippen molar-refractivity contribution in [2.24, 2.45) is 0 Å². The molecule has 0 unspecified atom stereocenters. The lowest BCUT2D eigenvalue weighted by molar-refractivity contribution is 0.666. The zero-order valence-corrected chi connectivity index (χ0v) is 27.7. The monoisotopic (exact) mass is 653 g/mol. The first-order valence-corrected chi connectivity index (χ1v) is 17.3. The first-order chi connectivity index (χ1) is 25.3. The van der Waals surface area contributed by atoms with E-state index in [9.17, 15) is 0 Å². The molecular formula is C48H31NO2. The first kappa shape index (κ1) is 29.1. The van der Waals surface area contributed by atoms with Crippen molar-refractivity contribution < 1.29 is 8.83 Å². The highest BCUT2D eigenvalue weighted by Crippen LogP contribution is 2.50. The molecule has 0 spiro atoms. The van der Waals surface area contributed by atoms with Crippen LogP contribution in [-0.2, 0) is 0 Å². The van der Waals surface area contributed by atoms with Crippen molar-refractivity contribution in [2.75, 3.05) is 4.90 Å². The number of para-hydroxylation sites is 3. The van der Waals surface area contributed by atoms with Gasteiger partial charge >= 0.3 is 0 Å². The number of anilines is 3. The Labute approximate surface area is 295 Å². The Morgan fingerprint density at radius 1 is 0.314 bits per heavy atom.